The number of amides is 2. The normalized spacial score (nSPS) is 11.4. The van der Waals surface area contributed by atoms with Gasteiger partial charge in [-0.15, -0.1) is 0 Å². The van der Waals surface area contributed by atoms with E-state index in [4.69, 9.17) is 4.74 Å². The van der Waals surface area contributed by atoms with Crippen LogP contribution in [-0.4, -0.2) is 45.6 Å². The standard InChI is InChI=1S/C19H23N3O3/c1-20-19(24)15-7-6-8-16(13-15)21-18(23)14-22(2)11-12-25-17-9-4-3-5-10-17/h3-10,13H,11-12,14H2,1-2H3,(H,20,24)(H,21,23)/p+1. The lowest BCUT2D eigenvalue weighted by molar-refractivity contribution is -0.871. The summed E-state index contributed by atoms with van der Waals surface area (Å²) < 4.78 is 5.63. The molecule has 0 aliphatic carbocycles. The molecule has 1 unspecified atom stereocenters. The van der Waals surface area contributed by atoms with Crippen molar-refractivity contribution >= 4 is 17.5 Å². The predicted octanol–water partition coefficient (Wildman–Crippen LogP) is 0.578. The van der Waals surface area contributed by atoms with Crippen molar-refractivity contribution in [3.05, 3.63) is 60.2 Å². The number of para-hydroxylation sites is 1. The first-order chi connectivity index (χ1) is 12.1. The number of nitrogens with one attached hydrogen (secondary N) is 3. The zero-order valence-electron chi connectivity index (χ0n) is 14.5. The highest BCUT2D eigenvalue weighted by Gasteiger charge is 2.11. The zero-order chi connectivity index (χ0) is 18.1. The second-order valence-corrected chi connectivity index (χ2v) is 5.75. The number of quaternary nitrogens is 1. The molecule has 0 bridgehead atoms. The second-order valence-electron chi connectivity index (χ2n) is 5.75. The van der Waals surface area contributed by atoms with Gasteiger partial charge in [-0.25, -0.2) is 0 Å². The highest BCUT2D eigenvalue weighted by atomic mass is 16.5. The highest BCUT2D eigenvalue weighted by Crippen LogP contribution is 2.10. The zero-order valence-corrected chi connectivity index (χ0v) is 14.5. The molecule has 2 rings (SSSR count). The van der Waals surface area contributed by atoms with E-state index in [1.54, 1.807) is 31.3 Å². The van der Waals surface area contributed by atoms with Crippen LogP contribution < -0.4 is 20.3 Å². The van der Waals surface area contributed by atoms with E-state index in [1.165, 1.54) is 0 Å². The molecule has 3 N–H and O–H groups in total. The summed E-state index contributed by atoms with van der Waals surface area (Å²) in [5.74, 6) is 0.536. The van der Waals surface area contributed by atoms with Gasteiger partial charge in [0.1, 0.15) is 18.9 Å². The smallest absolute Gasteiger partial charge is 0.279 e. The Labute approximate surface area is 147 Å². The lowest BCUT2D eigenvalue weighted by Gasteiger charge is -2.14. The van der Waals surface area contributed by atoms with E-state index in [2.05, 4.69) is 10.6 Å². The number of hydrogen-bond donors (Lipinski definition) is 3. The Balaban J connectivity index is 1.76. The van der Waals surface area contributed by atoms with Gasteiger partial charge in [0.15, 0.2) is 6.54 Å². The molecule has 2 amide bonds. The highest BCUT2D eigenvalue weighted by molar-refractivity contribution is 5.97. The predicted molar refractivity (Wildman–Crippen MR) is 97.0 cm³/mol. The molecule has 132 valence electrons. The van der Waals surface area contributed by atoms with E-state index in [0.29, 0.717) is 30.9 Å². The molecule has 0 saturated heterocycles. The van der Waals surface area contributed by atoms with Crippen molar-refractivity contribution in [2.45, 2.75) is 0 Å². The summed E-state index contributed by atoms with van der Waals surface area (Å²) in [7, 11) is 3.51. The maximum Gasteiger partial charge on any atom is 0.279 e. The monoisotopic (exact) mass is 342 g/mol. The number of carbonyl (C=O) groups excluding carboxylic acids is 2. The van der Waals surface area contributed by atoms with Gasteiger partial charge in [0.25, 0.3) is 11.8 Å². The van der Waals surface area contributed by atoms with Crippen molar-refractivity contribution in [3.8, 4) is 5.75 Å². The van der Waals surface area contributed by atoms with Gasteiger partial charge in [0.05, 0.1) is 7.05 Å². The van der Waals surface area contributed by atoms with Crippen molar-refractivity contribution in [1.82, 2.24) is 5.32 Å². The van der Waals surface area contributed by atoms with Crippen LogP contribution in [0.5, 0.6) is 5.75 Å². The molecular weight excluding hydrogens is 318 g/mol. The molecule has 6 nitrogen and oxygen atoms in total. The largest absolute Gasteiger partial charge is 0.488 e. The van der Waals surface area contributed by atoms with Crippen LogP contribution in [0.2, 0.25) is 0 Å². The first kappa shape index (κ1) is 18.5. The Morgan fingerprint density at radius 1 is 1.08 bits per heavy atom. The fourth-order valence-corrected chi connectivity index (χ4v) is 2.31. The number of rotatable bonds is 8. The van der Waals surface area contributed by atoms with E-state index >= 15 is 0 Å². The van der Waals surface area contributed by atoms with Crippen LogP contribution in [0, 0.1) is 0 Å². The summed E-state index contributed by atoms with van der Waals surface area (Å²) in [4.78, 5) is 24.8. The summed E-state index contributed by atoms with van der Waals surface area (Å²) in [6, 6.07) is 16.5. The van der Waals surface area contributed by atoms with Crippen LogP contribution in [0.1, 0.15) is 10.4 Å². The molecule has 2 aromatic rings. The number of ether oxygens (including phenoxy) is 1. The number of anilines is 1. The molecule has 0 aliphatic rings. The quantitative estimate of drug-likeness (QED) is 0.657. The minimum absolute atomic E-state index is 0.105. The van der Waals surface area contributed by atoms with Gasteiger partial charge >= 0.3 is 0 Å². The maximum absolute atomic E-state index is 12.1. The second kappa shape index (κ2) is 9.44. The molecule has 0 saturated carbocycles. The Morgan fingerprint density at radius 3 is 2.56 bits per heavy atom. The summed E-state index contributed by atoms with van der Waals surface area (Å²) in [6.07, 6.45) is 0. The average Bonchev–Trinajstić information content (AvgIpc) is 2.62. The van der Waals surface area contributed by atoms with Crippen LogP contribution >= 0.6 is 0 Å². The van der Waals surface area contributed by atoms with Crippen LogP contribution in [0.3, 0.4) is 0 Å². The molecule has 1 atom stereocenters. The van der Waals surface area contributed by atoms with Gasteiger partial charge in [-0.1, -0.05) is 24.3 Å². The molecule has 0 aromatic heterocycles. The molecule has 0 spiro atoms. The Morgan fingerprint density at radius 2 is 1.84 bits per heavy atom. The van der Waals surface area contributed by atoms with Gasteiger partial charge < -0.3 is 20.3 Å². The van der Waals surface area contributed by atoms with Gasteiger partial charge in [-0.3, -0.25) is 9.59 Å². The van der Waals surface area contributed by atoms with Crippen LogP contribution in [0.4, 0.5) is 5.69 Å². The van der Waals surface area contributed by atoms with Gasteiger partial charge in [-0.2, -0.15) is 0 Å². The van der Waals surface area contributed by atoms with E-state index in [-0.39, 0.29) is 11.8 Å². The van der Waals surface area contributed by atoms with Crippen molar-refractivity contribution in [1.29, 1.82) is 0 Å². The van der Waals surface area contributed by atoms with Crippen LogP contribution in [0.25, 0.3) is 0 Å². The number of benzene rings is 2. The van der Waals surface area contributed by atoms with Crippen LogP contribution in [0.15, 0.2) is 54.6 Å². The first-order valence-corrected chi connectivity index (χ1v) is 8.19. The number of carbonyl (C=O) groups is 2. The van der Waals surface area contributed by atoms with Gasteiger partial charge in [0, 0.05) is 18.3 Å². The third-order valence-electron chi connectivity index (χ3n) is 3.64. The summed E-state index contributed by atoms with van der Waals surface area (Å²) >= 11 is 0. The third-order valence-corrected chi connectivity index (χ3v) is 3.64. The summed E-state index contributed by atoms with van der Waals surface area (Å²) in [6.45, 7) is 1.57. The Bertz CT molecular complexity index is 704. The number of hydrogen-bond acceptors (Lipinski definition) is 3. The molecule has 0 fully saturated rings. The van der Waals surface area contributed by atoms with Crippen LogP contribution in [-0.2, 0) is 4.79 Å². The minimum atomic E-state index is -0.183. The Hall–Kier alpha value is -2.86. The van der Waals surface area contributed by atoms with Crippen molar-refractivity contribution in [2.75, 3.05) is 39.1 Å². The molecule has 0 aliphatic heterocycles. The lowest BCUT2D eigenvalue weighted by Crippen LogP contribution is -3.10. The van der Waals surface area contributed by atoms with E-state index in [1.807, 2.05) is 37.4 Å². The van der Waals surface area contributed by atoms with E-state index in [9.17, 15) is 9.59 Å². The summed E-state index contributed by atoms with van der Waals surface area (Å²) in [5.41, 5.74) is 1.12. The van der Waals surface area contributed by atoms with Crippen molar-refractivity contribution in [2.24, 2.45) is 0 Å². The van der Waals surface area contributed by atoms with Gasteiger partial charge in [0.2, 0.25) is 0 Å². The average molecular weight is 342 g/mol. The van der Waals surface area contributed by atoms with E-state index < -0.39 is 0 Å². The maximum atomic E-state index is 12.1. The SMILES string of the molecule is CNC(=O)c1cccc(NC(=O)C[NH+](C)CCOc2ccccc2)c1. The fraction of sp³-hybridized carbons (Fsp3) is 0.263. The van der Waals surface area contributed by atoms with Crippen molar-refractivity contribution < 1.29 is 19.2 Å². The number of likely N-dealkylation sites (N-methyl/N-ethyl adjacent to an activating group) is 1. The molecule has 2 aromatic carbocycles. The van der Waals surface area contributed by atoms with E-state index in [0.717, 1.165) is 10.6 Å². The minimum Gasteiger partial charge on any atom is -0.488 e. The van der Waals surface area contributed by atoms with Crippen molar-refractivity contribution in [3.63, 3.8) is 0 Å². The lowest BCUT2D eigenvalue weighted by atomic mass is 10.2. The van der Waals surface area contributed by atoms with Gasteiger partial charge in [-0.05, 0) is 30.3 Å². The topological polar surface area (TPSA) is 71.9 Å². The first-order valence-electron chi connectivity index (χ1n) is 8.19. The molecular formula is C19H24N3O3+. The fourth-order valence-electron chi connectivity index (χ4n) is 2.31. The molecule has 0 radical (unpaired) electrons. The summed E-state index contributed by atoms with van der Waals surface area (Å²) in [5, 5.41) is 5.38. The molecule has 0 heterocycles. The Kier molecular flexibility index (Phi) is 6.98. The third kappa shape index (κ3) is 6.27. The molecule has 25 heavy (non-hydrogen) atoms. The molecule has 6 heteroatoms.